The summed E-state index contributed by atoms with van der Waals surface area (Å²) in [7, 11) is 0. The monoisotopic (exact) mass is 380 g/mol. The Kier molecular flexibility index (Phi) is 4.46. The molecule has 1 amide bonds. The van der Waals surface area contributed by atoms with Gasteiger partial charge in [0.05, 0.1) is 17.0 Å². The Morgan fingerprint density at radius 1 is 1.14 bits per heavy atom. The Morgan fingerprint density at radius 2 is 1.82 bits per heavy atom. The molecular weight excluding hydrogens is 360 g/mol. The maximum Gasteiger partial charge on any atom is 0.331 e. The first kappa shape index (κ1) is 18.0. The third-order valence-electron chi connectivity index (χ3n) is 5.19. The van der Waals surface area contributed by atoms with Gasteiger partial charge in [0, 0.05) is 6.04 Å². The number of H-pyrrole nitrogens is 1. The average molecular weight is 380 g/mol. The lowest BCUT2D eigenvalue weighted by Crippen LogP contribution is -2.33. The summed E-state index contributed by atoms with van der Waals surface area (Å²) in [6.07, 6.45) is 4.75. The highest BCUT2D eigenvalue weighted by Gasteiger charge is 2.30. The van der Waals surface area contributed by atoms with E-state index >= 15 is 0 Å². The van der Waals surface area contributed by atoms with Crippen LogP contribution in [-0.4, -0.2) is 26.3 Å². The van der Waals surface area contributed by atoms with Crippen LogP contribution in [0.4, 0.5) is 5.69 Å². The lowest BCUT2D eigenvalue weighted by molar-refractivity contribution is -0.114. The lowest BCUT2D eigenvalue weighted by atomic mass is 10.1. The fraction of sp³-hybridized carbons (Fsp3) is 0.300. The zero-order valence-electron chi connectivity index (χ0n) is 15.4. The Bertz CT molecular complexity index is 1110. The van der Waals surface area contributed by atoms with E-state index in [1.54, 1.807) is 31.2 Å². The largest absolute Gasteiger partial charge is 0.494 e. The van der Waals surface area contributed by atoms with E-state index in [1.165, 1.54) is 15.7 Å². The number of hydrazone groups is 1. The van der Waals surface area contributed by atoms with Crippen LogP contribution in [0.1, 0.15) is 44.2 Å². The zero-order chi connectivity index (χ0) is 19.8. The first-order chi connectivity index (χ1) is 13.5. The van der Waals surface area contributed by atoms with Gasteiger partial charge in [-0.25, -0.2) is 4.79 Å². The minimum atomic E-state index is -0.733. The molecule has 0 spiro atoms. The number of rotatable bonds is 3. The number of carbonyl (C=O) groups excluding carboxylic acids is 1. The fourth-order valence-corrected chi connectivity index (χ4v) is 3.76. The number of nitrogens with one attached hydrogen (secondary N) is 1. The Morgan fingerprint density at radius 3 is 2.50 bits per heavy atom. The fourth-order valence-electron chi connectivity index (χ4n) is 3.76. The number of aromatic nitrogens is 2. The molecule has 2 aromatic rings. The summed E-state index contributed by atoms with van der Waals surface area (Å²) < 4.78 is 1.22. The van der Waals surface area contributed by atoms with Crippen LogP contribution in [0.15, 0.2) is 50.6 Å². The summed E-state index contributed by atoms with van der Waals surface area (Å²) in [5, 5.41) is 16.2. The van der Waals surface area contributed by atoms with Crippen molar-refractivity contribution in [2.45, 2.75) is 38.6 Å². The summed E-state index contributed by atoms with van der Waals surface area (Å²) >= 11 is 0. The van der Waals surface area contributed by atoms with Crippen molar-refractivity contribution in [3.63, 3.8) is 0 Å². The summed E-state index contributed by atoms with van der Waals surface area (Å²) in [4.78, 5) is 39.7. The van der Waals surface area contributed by atoms with E-state index in [1.807, 2.05) is 6.07 Å². The highest BCUT2D eigenvalue weighted by Crippen LogP contribution is 2.32. The third-order valence-corrected chi connectivity index (χ3v) is 5.19. The van der Waals surface area contributed by atoms with Gasteiger partial charge < -0.3 is 5.11 Å². The molecule has 144 valence electrons. The number of hydrogen-bond donors (Lipinski definition) is 2. The molecule has 4 rings (SSSR count). The number of para-hydroxylation sites is 1. The minimum Gasteiger partial charge on any atom is -0.494 e. The lowest BCUT2D eigenvalue weighted by Gasteiger charge is -2.16. The molecule has 2 aliphatic rings. The molecule has 2 N–H and O–H groups in total. The van der Waals surface area contributed by atoms with Crippen molar-refractivity contribution >= 4 is 23.4 Å². The number of hydrogen-bond acceptors (Lipinski definition) is 5. The highest BCUT2D eigenvalue weighted by molar-refractivity contribution is 6.32. The third kappa shape index (κ3) is 2.96. The van der Waals surface area contributed by atoms with Gasteiger partial charge in [0.15, 0.2) is 0 Å². The van der Waals surface area contributed by atoms with Crippen LogP contribution in [0.5, 0.6) is 5.88 Å². The normalized spacial score (nSPS) is 18.9. The number of carbonyl (C=O) groups is 1. The molecule has 1 aliphatic carbocycles. The number of amides is 1. The van der Waals surface area contributed by atoms with Crippen molar-refractivity contribution in [3.8, 4) is 5.88 Å². The zero-order valence-corrected chi connectivity index (χ0v) is 15.4. The molecule has 1 saturated carbocycles. The van der Waals surface area contributed by atoms with Crippen molar-refractivity contribution in [2.24, 2.45) is 5.10 Å². The van der Waals surface area contributed by atoms with Crippen LogP contribution in [0, 0.1) is 0 Å². The van der Waals surface area contributed by atoms with Crippen LogP contribution in [0.3, 0.4) is 0 Å². The topological polar surface area (TPSA) is 108 Å². The maximum absolute atomic E-state index is 12.8. The molecule has 28 heavy (non-hydrogen) atoms. The number of aromatic amines is 1. The molecule has 0 atom stereocenters. The second-order valence-corrected chi connectivity index (χ2v) is 7.00. The minimum absolute atomic E-state index is 0.112. The van der Waals surface area contributed by atoms with E-state index in [0.717, 1.165) is 25.7 Å². The maximum atomic E-state index is 12.8. The Labute approximate surface area is 160 Å². The van der Waals surface area contributed by atoms with E-state index in [9.17, 15) is 19.5 Å². The van der Waals surface area contributed by atoms with E-state index < -0.39 is 23.0 Å². The number of aromatic hydroxyl groups is 1. The van der Waals surface area contributed by atoms with E-state index in [-0.39, 0.29) is 17.2 Å². The van der Waals surface area contributed by atoms with Crippen LogP contribution in [0.25, 0.3) is 6.08 Å². The number of nitrogens with zero attached hydrogens (tertiary/aromatic N) is 3. The summed E-state index contributed by atoms with van der Waals surface area (Å²) in [6, 6.07) is 8.77. The second kappa shape index (κ2) is 6.95. The van der Waals surface area contributed by atoms with Gasteiger partial charge in [-0.2, -0.15) is 10.1 Å². The molecule has 0 radical (unpaired) electrons. The summed E-state index contributed by atoms with van der Waals surface area (Å²) in [5.74, 6) is -0.812. The molecule has 1 aromatic carbocycles. The van der Waals surface area contributed by atoms with Gasteiger partial charge in [0.1, 0.15) is 5.56 Å². The van der Waals surface area contributed by atoms with Gasteiger partial charge in [-0.05, 0) is 38.0 Å². The quantitative estimate of drug-likeness (QED) is 0.796. The SMILES string of the molecule is CC1=NN(c2ccccc2)C(=O)/C1=C\c1c(O)n(C2CCCC2)c(=O)[nH]c1=O. The van der Waals surface area contributed by atoms with Crippen molar-refractivity contribution in [1.82, 2.24) is 9.55 Å². The molecule has 8 nitrogen and oxygen atoms in total. The predicted octanol–water partition coefficient (Wildman–Crippen LogP) is 2.16. The van der Waals surface area contributed by atoms with Crippen LogP contribution < -0.4 is 16.3 Å². The van der Waals surface area contributed by atoms with E-state index in [2.05, 4.69) is 10.1 Å². The van der Waals surface area contributed by atoms with Crippen LogP contribution in [-0.2, 0) is 4.79 Å². The first-order valence-electron chi connectivity index (χ1n) is 9.22. The Balaban J connectivity index is 1.78. The molecule has 0 unspecified atom stereocenters. The van der Waals surface area contributed by atoms with Gasteiger partial charge >= 0.3 is 5.69 Å². The molecule has 0 saturated heterocycles. The standard InChI is InChI=1S/C20H20N4O4/c1-12-15(19(27)24(22-12)14-9-3-2-4-10-14)11-16-17(25)21-20(28)23(18(16)26)13-7-5-6-8-13/h2-4,9-11,13,26H,5-8H2,1H3,(H,21,25,28)/b15-11-. The van der Waals surface area contributed by atoms with Crippen LogP contribution >= 0.6 is 0 Å². The molecular formula is C20H20N4O4. The van der Waals surface area contributed by atoms with Gasteiger partial charge in [0.2, 0.25) is 5.88 Å². The smallest absolute Gasteiger partial charge is 0.331 e. The predicted molar refractivity (Wildman–Crippen MR) is 106 cm³/mol. The van der Waals surface area contributed by atoms with Gasteiger partial charge in [-0.1, -0.05) is 31.0 Å². The van der Waals surface area contributed by atoms with Crippen LogP contribution in [0.2, 0.25) is 0 Å². The molecule has 0 bridgehead atoms. The number of benzene rings is 1. The second-order valence-electron chi connectivity index (χ2n) is 7.00. The Hall–Kier alpha value is -3.42. The molecule has 1 fully saturated rings. The highest BCUT2D eigenvalue weighted by atomic mass is 16.3. The molecule has 1 aromatic heterocycles. The van der Waals surface area contributed by atoms with E-state index in [4.69, 9.17) is 0 Å². The van der Waals surface area contributed by atoms with Gasteiger partial charge in [0.25, 0.3) is 11.5 Å². The van der Waals surface area contributed by atoms with Gasteiger partial charge in [-0.3, -0.25) is 19.1 Å². The summed E-state index contributed by atoms with van der Waals surface area (Å²) in [5.41, 5.74) is -0.259. The van der Waals surface area contributed by atoms with E-state index in [0.29, 0.717) is 11.4 Å². The first-order valence-corrected chi connectivity index (χ1v) is 9.22. The summed E-state index contributed by atoms with van der Waals surface area (Å²) in [6.45, 7) is 1.66. The number of anilines is 1. The van der Waals surface area contributed by atoms with Gasteiger partial charge in [-0.15, -0.1) is 0 Å². The van der Waals surface area contributed by atoms with Crippen molar-refractivity contribution in [3.05, 3.63) is 62.3 Å². The molecule has 8 heteroatoms. The van der Waals surface area contributed by atoms with Crippen molar-refractivity contribution in [1.29, 1.82) is 0 Å². The van der Waals surface area contributed by atoms with Crippen molar-refractivity contribution in [2.75, 3.05) is 5.01 Å². The average Bonchev–Trinajstić information content (AvgIpc) is 3.29. The van der Waals surface area contributed by atoms with Crippen molar-refractivity contribution < 1.29 is 9.90 Å². The molecule has 2 heterocycles. The molecule has 1 aliphatic heterocycles.